The molecule has 0 radical (unpaired) electrons. The molecule has 1 unspecified atom stereocenters. The van der Waals surface area contributed by atoms with Crippen molar-refractivity contribution < 1.29 is 23.1 Å². The van der Waals surface area contributed by atoms with Gasteiger partial charge in [0.25, 0.3) is 0 Å². The molecule has 1 saturated heterocycles. The highest BCUT2D eigenvalue weighted by atomic mass is 35.5. The summed E-state index contributed by atoms with van der Waals surface area (Å²) in [7, 11) is -3.51. The van der Waals surface area contributed by atoms with Gasteiger partial charge in [-0.1, -0.05) is 43.2 Å². The van der Waals surface area contributed by atoms with Crippen molar-refractivity contribution in [3.05, 3.63) is 35.2 Å². The van der Waals surface area contributed by atoms with E-state index in [1.54, 1.807) is 23.4 Å². The van der Waals surface area contributed by atoms with E-state index < -0.39 is 16.1 Å². The molecule has 2 fully saturated rings. The quantitative estimate of drug-likeness (QED) is 0.556. The van der Waals surface area contributed by atoms with Crippen LogP contribution < -0.4 is 4.90 Å². The fourth-order valence-corrected chi connectivity index (χ4v) is 6.12. The van der Waals surface area contributed by atoms with Crippen LogP contribution in [0.5, 0.6) is 0 Å². The lowest BCUT2D eigenvalue weighted by molar-refractivity contribution is -0.131. The minimum atomic E-state index is -3.51. The molecule has 2 aliphatic heterocycles. The molecule has 0 bridgehead atoms. The van der Waals surface area contributed by atoms with Crippen LogP contribution in [0.4, 0.5) is 5.69 Å². The zero-order valence-corrected chi connectivity index (χ0v) is 22.0. The number of hydrogen-bond donors (Lipinski definition) is 1. The fraction of sp³-hybridized carbons (Fsp3) is 0.538. The van der Waals surface area contributed by atoms with Crippen LogP contribution in [-0.4, -0.2) is 56.2 Å². The average Bonchev–Trinajstić information content (AvgIpc) is 3.35. The molecule has 0 aromatic heterocycles. The third kappa shape index (κ3) is 6.88. The van der Waals surface area contributed by atoms with E-state index in [-0.39, 0.29) is 21.7 Å². The number of sulfone groups is 1. The molecule has 2 atom stereocenters. The van der Waals surface area contributed by atoms with Crippen molar-refractivity contribution >= 4 is 39.2 Å². The number of aliphatic hydroxyl groups is 1. The summed E-state index contributed by atoms with van der Waals surface area (Å²) >= 11 is 6.32. The first kappa shape index (κ1) is 26.7. The second-order valence-corrected chi connectivity index (χ2v) is 12.0. The van der Waals surface area contributed by atoms with Crippen molar-refractivity contribution in [1.29, 1.82) is 0 Å². The van der Waals surface area contributed by atoms with Gasteiger partial charge in [0.1, 0.15) is 0 Å². The Bertz CT molecular complexity index is 1200. The van der Waals surface area contributed by atoms with Gasteiger partial charge < -0.3 is 9.84 Å². The van der Waals surface area contributed by atoms with Crippen LogP contribution in [0, 0.1) is 23.8 Å². The Labute approximate surface area is 217 Å². The molecule has 3 aliphatic rings. The Morgan fingerprint density at radius 3 is 2.78 bits per heavy atom. The summed E-state index contributed by atoms with van der Waals surface area (Å²) in [6.07, 6.45) is 10.8. The molecule has 194 valence electrons. The zero-order valence-electron chi connectivity index (χ0n) is 20.4. The summed E-state index contributed by atoms with van der Waals surface area (Å²) in [5.74, 6) is 4.02. The summed E-state index contributed by atoms with van der Waals surface area (Å²) in [6.45, 7) is 0.927. The smallest absolute Gasteiger partial charge is 0.232 e. The number of halogens is 1. The predicted octanol–water partition coefficient (Wildman–Crippen LogP) is 3.94. The molecule has 1 saturated carbocycles. The van der Waals surface area contributed by atoms with Gasteiger partial charge in [-0.2, -0.15) is 0 Å². The van der Waals surface area contributed by atoms with Gasteiger partial charge in [0.2, 0.25) is 5.91 Å². The SMILES string of the molecule is CS(=O)(=O)c1ccc(N(C(=O)CCC2CCCC2)C2=CN(C#CC3CCO[C@H](O)C3)CC=N2)cc1Cl. The van der Waals surface area contributed by atoms with Gasteiger partial charge in [-0.25, -0.2) is 13.4 Å². The number of aliphatic hydroxyl groups excluding tert-OH is 1. The van der Waals surface area contributed by atoms with Crippen LogP contribution in [0.2, 0.25) is 5.02 Å². The number of benzene rings is 1. The highest BCUT2D eigenvalue weighted by Crippen LogP contribution is 2.32. The second-order valence-electron chi connectivity index (χ2n) is 9.56. The van der Waals surface area contributed by atoms with E-state index in [2.05, 4.69) is 17.0 Å². The first-order valence-corrected chi connectivity index (χ1v) is 14.6. The van der Waals surface area contributed by atoms with E-state index in [1.165, 1.54) is 29.9 Å². The Morgan fingerprint density at radius 1 is 1.31 bits per heavy atom. The van der Waals surface area contributed by atoms with Crippen LogP contribution in [-0.2, 0) is 19.4 Å². The van der Waals surface area contributed by atoms with E-state index in [0.29, 0.717) is 43.4 Å². The zero-order chi connectivity index (χ0) is 25.7. The Morgan fingerprint density at radius 2 is 2.08 bits per heavy atom. The number of hydrogen-bond acceptors (Lipinski definition) is 7. The molecule has 1 aliphatic carbocycles. The Kier molecular flexibility index (Phi) is 8.73. The van der Waals surface area contributed by atoms with Gasteiger partial charge in [0.15, 0.2) is 21.9 Å². The third-order valence-electron chi connectivity index (χ3n) is 6.74. The maximum absolute atomic E-state index is 13.5. The Hall–Kier alpha value is -2.38. The highest BCUT2D eigenvalue weighted by molar-refractivity contribution is 7.90. The molecule has 1 amide bonds. The van der Waals surface area contributed by atoms with Crippen LogP contribution in [0.3, 0.4) is 0 Å². The summed E-state index contributed by atoms with van der Waals surface area (Å²) in [6, 6.07) is 7.61. The van der Waals surface area contributed by atoms with Gasteiger partial charge >= 0.3 is 0 Å². The van der Waals surface area contributed by atoms with Gasteiger partial charge in [-0.15, -0.1) is 0 Å². The number of anilines is 1. The van der Waals surface area contributed by atoms with Crippen molar-refractivity contribution in [3.63, 3.8) is 0 Å². The normalized spacial score (nSPS) is 22.6. The van der Waals surface area contributed by atoms with Crippen molar-refractivity contribution in [2.75, 3.05) is 24.3 Å². The predicted molar refractivity (Wildman–Crippen MR) is 139 cm³/mol. The van der Waals surface area contributed by atoms with E-state index in [0.717, 1.165) is 31.9 Å². The number of rotatable bonds is 6. The van der Waals surface area contributed by atoms with Crippen molar-refractivity contribution in [3.8, 4) is 12.0 Å². The minimum absolute atomic E-state index is 0.0125. The van der Waals surface area contributed by atoms with Crippen molar-refractivity contribution in [2.24, 2.45) is 16.8 Å². The highest BCUT2D eigenvalue weighted by Gasteiger charge is 2.26. The van der Waals surface area contributed by atoms with Crippen LogP contribution in [0.15, 0.2) is 40.1 Å². The molecule has 2 heterocycles. The van der Waals surface area contributed by atoms with Crippen molar-refractivity contribution in [1.82, 2.24) is 4.90 Å². The number of carbonyl (C=O) groups excluding carboxylic acids is 1. The number of ether oxygens (including phenoxy) is 1. The molecular weight excluding hydrogens is 502 g/mol. The lowest BCUT2D eigenvalue weighted by Crippen LogP contribution is -2.33. The summed E-state index contributed by atoms with van der Waals surface area (Å²) in [4.78, 5) is 21.2. The van der Waals surface area contributed by atoms with Crippen molar-refractivity contribution in [2.45, 2.75) is 62.6 Å². The van der Waals surface area contributed by atoms with Gasteiger partial charge in [0.05, 0.1) is 35.0 Å². The van der Waals surface area contributed by atoms with E-state index >= 15 is 0 Å². The summed E-state index contributed by atoms with van der Waals surface area (Å²) in [5.41, 5.74) is 0.453. The first-order valence-electron chi connectivity index (χ1n) is 12.3. The maximum Gasteiger partial charge on any atom is 0.232 e. The number of amides is 1. The first-order chi connectivity index (χ1) is 17.2. The molecule has 8 nitrogen and oxygen atoms in total. The van der Waals surface area contributed by atoms with E-state index in [1.807, 2.05) is 0 Å². The summed E-state index contributed by atoms with van der Waals surface area (Å²) < 4.78 is 29.3. The largest absolute Gasteiger partial charge is 0.368 e. The Balaban J connectivity index is 1.60. The molecule has 10 heteroatoms. The molecule has 1 aromatic rings. The standard InChI is InChI=1S/C26H32ClN3O5S/c1-36(33,34)23-8-7-21(17-22(23)27)30(25(31)9-6-19-4-2-3-5-19)24-18-29(14-12-28-24)13-10-20-11-15-35-26(32)16-20/h7-8,12,17-20,26,32H,2-6,9,11,14-16H2,1H3/t20?,26-/m0/s1. The lowest BCUT2D eigenvalue weighted by atomic mass is 10.0. The van der Waals surface area contributed by atoms with Gasteiger partial charge in [-0.05, 0) is 37.0 Å². The van der Waals surface area contributed by atoms with E-state index in [9.17, 15) is 18.3 Å². The van der Waals surface area contributed by atoms with Gasteiger partial charge in [0, 0.05) is 37.3 Å². The second kappa shape index (κ2) is 11.8. The third-order valence-corrected chi connectivity index (χ3v) is 8.32. The van der Waals surface area contributed by atoms with Gasteiger partial charge in [-0.3, -0.25) is 14.6 Å². The molecular formula is C26H32ClN3O5S. The number of carbonyl (C=O) groups is 1. The molecule has 1 aromatic carbocycles. The molecule has 1 N–H and O–H groups in total. The topological polar surface area (TPSA) is 99.5 Å². The molecule has 0 spiro atoms. The van der Waals surface area contributed by atoms with E-state index in [4.69, 9.17) is 16.3 Å². The lowest BCUT2D eigenvalue weighted by Gasteiger charge is -2.27. The summed E-state index contributed by atoms with van der Waals surface area (Å²) in [5, 5.41) is 9.76. The molecule has 4 rings (SSSR count). The van der Waals surface area contributed by atoms with Crippen LogP contribution in [0.25, 0.3) is 0 Å². The van der Waals surface area contributed by atoms with Crippen LogP contribution in [0.1, 0.15) is 51.4 Å². The fourth-order valence-electron chi connectivity index (χ4n) is 4.79. The average molecular weight is 534 g/mol. The number of aliphatic imine (C=N–C) groups is 1. The maximum atomic E-state index is 13.5. The number of nitrogens with zero attached hydrogens (tertiary/aromatic N) is 3. The minimum Gasteiger partial charge on any atom is -0.368 e. The van der Waals surface area contributed by atoms with Crippen LogP contribution >= 0.6 is 11.6 Å². The monoisotopic (exact) mass is 533 g/mol. The molecule has 36 heavy (non-hydrogen) atoms.